The lowest BCUT2D eigenvalue weighted by Crippen LogP contribution is -2.03. The number of anilines is 1. The van der Waals surface area contributed by atoms with Crippen LogP contribution < -0.4 is 24.3 Å². The normalized spacial score (nSPS) is 12.0. The third-order valence-electron chi connectivity index (χ3n) is 4.62. The number of benzene rings is 3. The fourth-order valence-corrected chi connectivity index (χ4v) is 3.74. The number of fused-ring (bicyclic) bond motifs is 1. The second kappa shape index (κ2) is 9.13. The van der Waals surface area contributed by atoms with Gasteiger partial charge in [0.1, 0.15) is 6.61 Å². The molecule has 1 heterocycles. The monoisotopic (exact) mass is 465 g/mol. The summed E-state index contributed by atoms with van der Waals surface area (Å²) in [5.74, 6) is 2.52. The number of halogens is 3. The third kappa shape index (κ3) is 4.48. The van der Waals surface area contributed by atoms with E-state index in [0.29, 0.717) is 44.4 Å². The molecule has 0 fully saturated rings. The van der Waals surface area contributed by atoms with Gasteiger partial charge in [-0.3, -0.25) is 0 Å². The Bertz CT molecular complexity index is 1050. The highest BCUT2D eigenvalue weighted by atomic mass is 35.5. The molecular weight excluding hydrogens is 449 g/mol. The van der Waals surface area contributed by atoms with Crippen LogP contribution in [0, 0.1) is 0 Å². The van der Waals surface area contributed by atoms with E-state index in [4.69, 9.17) is 53.8 Å². The SMILES string of the molecule is COc1cc(CNc2ccc3c(c2)OCO3)c(Cl)cc1OCc1c(Cl)cccc1Cl. The van der Waals surface area contributed by atoms with Crippen molar-refractivity contribution in [2.45, 2.75) is 13.2 Å². The van der Waals surface area contributed by atoms with E-state index in [1.807, 2.05) is 24.3 Å². The number of methoxy groups -OCH3 is 1. The molecule has 30 heavy (non-hydrogen) atoms. The van der Waals surface area contributed by atoms with Crippen LogP contribution in [0.4, 0.5) is 5.69 Å². The van der Waals surface area contributed by atoms with E-state index in [2.05, 4.69) is 5.32 Å². The van der Waals surface area contributed by atoms with Gasteiger partial charge in [0.15, 0.2) is 23.0 Å². The van der Waals surface area contributed by atoms with Gasteiger partial charge in [-0.2, -0.15) is 0 Å². The zero-order chi connectivity index (χ0) is 21.1. The molecule has 0 saturated heterocycles. The van der Waals surface area contributed by atoms with Gasteiger partial charge >= 0.3 is 0 Å². The molecule has 0 aliphatic carbocycles. The standard InChI is InChI=1S/C22H18Cl3NO4/c1-27-20-7-13(10-26-14-5-6-19-21(8-14)30-12-29-19)18(25)9-22(20)28-11-15-16(23)3-2-4-17(15)24/h2-9,26H,10-12H2,1H3. The van der Waals surface area contributed by atoms with Crippen molar-refractivity contribution in [2.75, 3.05) is 19.2 Å². The molecule has 0 bridgehead atoms. The molecule has 4 rings (SSSR count). The van der Waals surface area contributed by atoms with Crippen LogP contribution in [0.15, 0.2) is 48.5 Å². The van der Waals surface area contributed by atoms with E-state index in [1.165, 1.54) is 0 Å². The first-order valence-corrected chi connectivity index (χ1v) is 10.2. The van der Waals surface area contributed by atoms with Crippen LogP contribution in [-0.4, -0.2) is 13.9 Å². The van der Waals surface area contributed by atoms with Gasteiger partial charge < -0.3 is 24.3 Å². The van der Waals surface area contributed by atoms with Gasteiger partial charge in [-0.15, -0.1) is 0 Å². The molecule has 1 aliphatic rings. The van der Waals surface area contributed by atoms with Crippen LogP contribution in [0.25, 0.3) is 0 Å². The predicted octanol–water partition coefficient (Wildman–Crippen LogP) is 6.58. The summed E-state index contributed by atoms with van der Waals surface area (Å²) in [6.07, 6.45) is 0. The van der Waals surface area contributed by atoms with Crippen molar-refractivity contribution in [3.63, 3.8) is 0 Å². The number of hydrogen-bond donors (Lipinski definition) is 1. The summed E-state index contributed by atoms with van der Waals surface area (Å²) >= 11 is 18.9. The van der Waals surface area contributed by atoms with Crippen molar-refractivity contribution in [3.05, 3.63) is 74.7 Å². The average Bonchev–Trinajstić information content (AvgIpc) is 3.20. The van der Waals surface area contributed by atoms with E-state index in [0.717, 1.165) is 17.0 Å². The van der Waals surface area contributed by atoms with Gasteiger partial charge in [-0.25, -0.2) is 0 Å². The summed E-state index contributed by atoms with van der Waals surface area (Å²) in [5, 5.41) is 4.95. The van der Waals surface area contributed by atoms with Gasteiger partial charge in [0.25, 0.3) is 0 Å². The molecule has 0 radical (unpaired) electrons. The van der Waals surface area contributed by atoms with Crippen molar-refractivity contribution < 1.29 is 18.9 Å². The summed E-state index contributed by atoms with van der Waals surface area (Å²) in [5.41, 5.74) is 2.45. The van der Waals surface area contributed by atoms with Gasteiger partial charge in [-0.05, 0) is 35.9 Å². The number of ether oxygens (including phenoxy) is 4. The van der Waals surface area contributed by atoms with Crippen molar-refractivity contribution in [3.8, 4) is 23.0 Å². The largest absolute Gasteiger partial charge is 0.493 e. The Kier molecular flexibility index (Phi) is 6.32. The Morgan fingerprint density at radius 3 is 2.43 bits per heavy atom. The smallest absolute Gasteiger partial charge is 0.231 e. The maximum Gasteiger partial charge on any atom is 0.231 e. The predicted molar refractivity (Wildman–Crippen MR) is 119 cm³/mol. The molecule has 5 nitrogen and oxygen atoms in total. The van der Waals surface area contributed by atoms with E-state index in [9.17, 15) is 0 Å². The van der Waals surface area contributed by atoms with Gasteiger partial charge in [0.05, 0.1) is 7.11 Å². The zero-order valence-electron chi connectivity index (χ0n) is 16.0. The highest BCUT2D eigenvalue weighted by Crippen LogP contribution is 2.37. The molecule has 156 valence electrons. The lowest BCUT2D eigenvalue weighted by atomic mass is 10.2. The zero-order valence-corrected chi connectivity index (χ0v) is 18.3. The fraction of sp³-hybridized carbons (Fsp3) is 0.182. The summed E-state index contributed by atoms with van der Waals surface area (Å²) in [6, 6.07) is 14.6. The minimum Gasteiger partial charge on any atom is -0.493 e. The number of rotatable bonds is 7. The van der Waals surface area contributed by atoms with Crippen LogP contribution in [0.5, 0.6) is 23.0 Å². The van der Waals surface area contributed by atoms with Crippen LogP contribution in [0.1, 0.15) is 11.1 Å². The molecule has 0 unspecified atom stereocenters. The number of nitrogens with one attached hydrogen (secondary N) is 1. The van der Waals surface area contributed by atoms with Gasteiger partial charge in [0.2, 0.25) is 6.79 Å². The summed E-state index contributed by atoms with van der Waals surface area (Å²) in [4.78, 5) is 0. The topological polar surface area (TPSA) is 49.0 Å². The summed E-state index contributed by atoms with van der Waals surface area (Å²) in [7, 11) is 1.58. The van der Waals surface area contributed by atoms with Gasteiger partial charge in [0, 0.05) is 45.0 Å². The summed E-state index contributed by atoms with van der Waals surface area (Å²) < 4.78 is 22.1. The molecule has 1 aliphatic heterocycles. The molecule has 3 aromatic carbocycles. The van der Waals surface area contributed by atoms with Crippen LogP contribution in [-0.2, 0) is 13.2 Å². The van der Waals surface area contributed by atoms with Crippen LogP contribution in [0.3, 0.4) is 0 Å². The van der Waals surface area contributed by atoms with E-state index >= 15 is 0 Å². The first kappa shape index (κ1) is 20.8. The van der Waals surface area contributed by atoms with Crippen molar-refractivity contribution in [1.82, 2.24) is 0 Å². The molecule has 0 amide bonds. The quantitative estimate of drug-likeness (QED) is 0.426. The highest BCUT2D eigenvalue weighted by molar-refractivity contribution is 6.36. The maximum atomic E-state index is 6.49. The lowest BCUT2D eigenvalue weighted by Gasteiger charge is -2.15. The Hall–Kier alpha value is -2.47. The average molecular weight is 467 g/mol. The van der Waals surface area contributed by atoms with Crippen LogP contribution >= 0.6 is 34.8 Å². The fourth-order valence-electron chi connectivity index (χ4n) is 3.01. The first-order chi connectivity index (χ1) is 14.5. The Balaban J connectivity index is 1.48. The molecule has 3 aromatic rings. The molecule has 0 saturated carbocycles. The highest BCUT2D eigenvalue weighted by Gasteiger charge is 2.15. The molecule has 1 N–H and O–H groups in total. The molecule has 0 spiro atoms. The van der Waals surface area contributed by atoms with Gasteiger partial charge in [-0.1, -0.05) is 40.9 Å². The second-order valence-corrected chi connectivity index (χ2v) is 7.73. The molecule has 0 atom stereocenters. The lowest BCUT2D eigenvalue weighted by molar-refractivity contribution is 0.174. The Morgan fingerprint density at radius 2 is 1.67 bits per heavy atom. The third-order valence-corrected chi connectivity index (χ3v) is 5.68. The molecule has 8 heteroatoms. The maximum absolute atomic E-state index is 6.49. The van der Waals surface area contributed by atoms with Crippen molar-refractivity contribution in [1.29, 1.82) is 0 Å². The minimum absolute atomic E-state index is 0.194. The molecular formula is C22H18Cl3NO4. The Morgan fingerprint density at radius 1 is 0.900 bits per heavy atom. The summed E-state index contributed by atoms with van der Waals surface area (Å²) in [6.45, 7) is 0.925. The van der Waals surface area contributed by atoms with E-state index in [-0.39, 0.29) is 13.4 Å². The second-order valence-electron chi connectivity index (χ2n) is 6.50. The minimum atomic E-state index is 0.194. The van der Waals surface area contributed by atoms with Crippen LogP contribution in [0.2, 0.25) is 15.1 Å². The Labute approximate surface area is 189 Å². The van der Waals surface area contributed by atoms with E-state index in [1.54, 1.807) is 31.4 Å². The van der Waals surface area contributed by atoms with Crippen molar-refractivity contribution in [2.24, 2.45) is 0 Å². The van der Waals surface area contributed by atoms with E-state index < -0.39 is 0 Å². The first-order valence-electron chi connectivity index (χ1n) is 9.11. The number of hydrogen-bond acceptors (Lipinski definition) is 5. The molecule has 0 aromatic heterocycles. The van der Waals surface area contributed by atoms with Crippen molar-refractivity contribution >= 4 is 40.5 Å².